The van der Waals surface area contributed by atoms with Gasteiger partial charge in [-0.2, -0.15) is 25.3 Å². The second-order valence-corrected chi connectivity index (χ2v) is 13.8. The number of rotatable bonds is 6. The SMILES string of the molecule is CC1(C)CCCCC1.CC=Nc1c(C)cc(-c2c(F)cn3nc(N)nc(C(CC)C(C)(S)S)c23)cc1F.CCC(F)F. The van der Waals surface area contributed by atoms with E-state index in [1.807, 2.05) is 13.8 Å². The maximum atomic E-state index is 15.1. The lowest BCUT2D eigenvalue weighted by Gasteiger charge is -2.28. The highest BCUT2D eigenvalue weighted by atomic mass is 32.2. The van der Waals surface area contributed by atoms with Crippen LogP contribution in [0.25, 0.3) is 16.6 Å². The van der Waals surface area contributed by atoms with Crippen molar-refractivity contribution < 1.29 is 17.6 Å². The quantitative estimate of drug-likeness (QED) is 0.110. The molecule has 1 fully saturated rings. The Labute approximate surface area is 258 Å². The number of aryl methyl sites for hydroxylation is 1. The average molecular weight is 628 g/mol. The molecule has 3 aromatic rings. The number of nitrogen functional groups attached to an aromatic ring is 1. The van der Waals surface area contributed by atoms with E-state index in [2.05, 4.69) is 54.2 Å². The molecule has 1 saturated carbocycles. The number of fused-ring (bicyclic) bond motifs is 1. The van der Waals surface area contributed by atoms with Crippen LogP contribution in [0.3, 0.4) is 0 Å². The zero-order valence-corrected chi connectivity index (χ0v) is 27.5. The maximum absolute atomic E-state index is 15.1. The Hall–Kier alpha value is -2.27. The number of aromatic nitrogens is 3. The first kappa shape index (κ1) is 35.9. The van der Waals surface area contributed by atoms with E-state index < -0.39 is 22.1 Å². The predicted molar refractivity (Wildman–Crippen MR) is 174 cm³/mol. The molecular formula is C31H45F4N5S2. The first-order valence-corrected chi connectivity index (χ1v) is 15.3. The smallest absolute Gasteiger partial charge is 0.238 e. The Kier molecular flexibility index (Phi) is 13.2. The predicted octanol–water partition coefficient (Wildman–Crippen LogP) is 9.99. The summed E-state index contributed by atoms with van der Waals surface area (Å²) in [5.41, 5.74) is 8.88. The van der Waals surface area contributed by atoms with E-state index >= 15 is 4.39 Å². The van der Waals surface area contributed by atoms with Crippen molar-refractivity contribution >= 4 is 48.6 Å². The van der Waals surface area contributed by atoms with E-state index in [1.54, 1.807) is 19.9 Å². The van der Waals surface area contributed by atoms with Gasteiger partial charge in [0, 0.05) is 24.1 Å². The molecule has 11 heteroatoms. The molecule has 0 aliphatic heterocycles. The zero-order valence-electron chi connectivity index (χ0n) is 25.7. The highest BCUT2D eigenvalue weighted by molar-refractivity contribution is 8.00. The van der Waals surface area contributed by atoms with Gasteiger partial charge in [0.25, 0.3) is 0 Å². The summed E-state index contributed by atoms with van der Waals surface area (Å²) in [6.07, 6.45) is 8.54. The molecule has 1 aliphatic rings. The molecule has 2 N–H and O–H groups in total. The average Bonchev–Trinajstić information content (AvgIpc) is 3.21. The molecule has 1 aliphatic carbocycles. The van der Waals surface area contributed by atoms with Crippen LogP contribution in [0.5, 0.6) is 0 Å². The highest BCUT2D eigenvalue weighted by Gasteiger charge is 2.32. The summed E-state index contributed by atoms with van der Waals surface area (Å²) in [5.74, 6) is -1.33. The Balaban J connectivity index is 0.000000391. The van der Waals surface area contributed by atoms with Gasteiger partial charge >= 0.3 is 0 Å². The maximum Gasteiger partial charge on any atom is 0.238 e. The number of nitrogens with two attached hydrogens (primary N) is 1. The van der Waals surface area contributed by atoms with Crippen LogP contribution in [0.4, 0.5) is 29.2 Å². The standard InChI is InChI=1S/C20H23F2N5S2.C8H16.C3H6F2/c1-5-12(20(4,28)29)17-18-15(14(22)9-27(18)26-19(23)25-17)11-7-10(3)16(24-6-2)13(21)8-11;1-8(2)6-4-3-5-7-8;1-2-3(4)5/h6-9,12,28-29H,5H2,1-4H3,(H2,23,26);3-7H2,1-2H3;3H,2H2,1H3. The van der Waals surface area contributed by atoms with Gasteiger partial charge in [-0.15, -0.1) is 5.10 Å². The minimum Gasteiger partial charge on any atom is -0.367 e. The van der Waals surface area contributed by atoms with Crippen LogP contribution >= 0.6 is 25.3 Å². The normalized spacial score (nSPS) is 15.8. The Morgan fingerprint density at radius 2 is 1.69 bits per heavy atom. The van der Waals surface area contributed by atoms with E-state index in [4.69, 9.17) is 5.73 Å². The fourth-order valence-electron chi connectivity index (χ4n) is 5.14. The Morgan fingerprint density at radius 3 is 2.12 bits per heavy atom. The third-order valence-electron chi connectivity index (χ3n) is 7.34. The first-order chi connectivity index (χ1) is 19.6. The Bertz CT molecular complexity index is 1320. The summed E-state index contributed by atoms with van der Waals surface area (Å²) in [5, 5.41) is 4.11. The van der Waals surface area contributed by atoms with Gasteiger partial charge < -0.3 is 5.73 Å². The van der Waals surface area contributed by atoms with Crippen LogP contribution in [0.15, 0.2) is 23.3 Å². The van der Waals surface area contributed by atoms with Crippen molar-refractivity contribution in [1.29, 1.82) is 0 Å². The van der Waals surface area contributed by atoms with Crippen LogP contribution in [0.1, 0.15) is 104 Å². The molecule has 0 saturated heterocycles. The van der Waals surface area contributed by atoms with Crippen molar-refractivity contribution in [3.63, 3.8) is 0 Å². The van der Waals surface area contributed by atoms with E-state index in [-0.39, 0.29) is 29.5 Å². The second kappa shape index (κ2) is 15.5. The summed E-state index contributed by atoms with van der Waals surface area (Å²) >= 11 is 9.17. The number of nitrogens with zero attached hydrogens (tertiary/aromatic N) is 4. The molecule has 0 radical (unpaired) electrons. The number of benzene rings is 1. The van der Waals surface area contributed by atoms with Crippen molar-refractivity contribution in [2.45, 2.75) is 110 Å². The van der Waals surface area contributed by atoms with Crippen molar-refractivity contribution in [3.05, 3.63) is 41.2 Å². The van der Waals surface area contributed by atoms with E-state index in [0.717, 1.165) is 0 Å². The third kappa shape index (κ3) is 9.62. The van der Waals surface area contributed by atoms with Gasteiger partial charge in [0.2, 0.25) is 12.4 Å². The molecule has 42 heavy (non-hydrogen) atoms. The lowest BCUT2D eigenvalue weighted by molar-refractivity contribution is 0.144. The summed E-state index contributed by atoms with van der Waals surface area (Å²) in [7, 11) is 0. The fourth-order valence-corrected chi connectivity index (χ4v) is 5.75. The van der Waals surface area contributed by atoms with Crippen LogP contribution < -0.4 is 5.73 Å². The van der Waals surface area contributed by atoms with Gasteiger partial charge in [0.05, 0.1) is 21.5 Å². The van der Waals surface area contributed by atoms with Crippen LogP contribution in [0.2, 0.25) is 0 Å². The number of thiol groups is 2. The molecular weight excluding hydrogens is 583 g/mol. The lowest BCUT2D eigenvalue weighted by atomic mass is 9.78. The summed E-state index contributed by atoms with van der Waals surface area (Å²) in [6, 6.07) is 2.97. The molecule has 0 spiro atoms. The molecule has 4 rings (SSSR count). The topological polar surface area (TPSA) is 68.6 Å². The van der Waals surface area contributed by atoms with Gasteiger partial charge in [-0.3, -0.25) is 4.99 Å². The number of alkyl halides is 2. The van der Waals surface area contributed by atoms with E-state index in [1.165, 1.54) is 62.0 Å². The van der Waals surface area contributed by atoms with Crippen molar-refractivity contribution in [3.8, 4) is 11.1 Å². The molecule has 2 aromatic heterocycles. The number of aliphatic imine (C=N–C) groups is 1. The van der Waals surface area contributed by atoms with Crippen molar-refractivity contribution in [2.24, 2.45) is 10.4 Å². The number of anilines is 1. The first-order valence-electron chi connectivity index (χ1n) is 14.4. The zero-order chi connectivity index (χ0) is 31.8. The van der Waals surface area contributed by atoms with Crippen molar-refractivity contribution in [2.75, 3.05) is 5.73 Å². The van der Waals surface area contributed by atoms with Gasteiger partial charge in [-0.05, 0) is 68.7 Å². The van der Waals surface area contributed by atoms with Gasteiger partial charge in [-0.25, -0.2) is 27.1 Å². The largest absolute Gasteiger partial charge is 0.367 e. The van der Waals surface area contributed by atoms with Gasteiger partial charge in [-0.1, -0.05) is 47.0 Å². The number of hydrogen-bond donors (Lipinski definition) is 3. The van der Waals surface area contributed by atoms with Gasteiger partial charge in [0.1, 0.15) is 11.5 Å². The lowest BCUT2D eigenvalue weighted by Crippen LogP contribution is -2.22. The van der Waals surface area contributed by atoms with Crippen LogP contribution in [0, 0.1) is 24.0 Å². The molecule has 5 nitrogen and oxygen atoms in total. The van der Waals surface area contributed by atoms with Crippen molar-refractivity contribution in [1.82, 2.24) is 14.6 Å². The summed E-state index contributed by atoms with van der Waals surface area (Å²) in [6.45, 7) is 13.4. The highest BCUT2D eigenvalue weighted by Crippen LogP contribution is 2.43. The minimum atomic E-state index is -2.12. The Morgan fingerprint density at radius 1 is 1.10 bits per heavy atom. The molecule has 2 heterocycles. The monoisotopic (exact) mass is 627 g/mol. The van der Waals surface area contributed by atoms with E-state index in [0.29, 0.717) is 34.2 Å². The molecule has 234 valence electrons. The number of halogens is 4. The van der Waals surface area contributed by atoms with Gasteiger partial charge in [0.15, 0.2) is 5.82 Å². The molecule has 0 amide bonds. The molecule has 1 aromatic carbocycles. The molecule has 0 bridgehead atoms. The minimum absolute atomic E-state index is 0.00779. The number of hydrogen-bond acceptors (Lipinski definition) is 6. The summed E-state index contributed by atoms with van der Waals surface area (Å²) < 4.78 is 51.9. The second-order valence-electron chi connectivity index (χ2n) is 11.6. The molecule has 1 unspecified atom stereocenters. The molecule has 1 atom stereocenters. The third-order valence-corrected chi connectivity index (χ3v) is 7.97. The summed E-state index contributed by atoms with van der Waals surface area (Å²) in [4.78, 5) is 8.45. The van der Waals surface area contributed by atoms with Crippen LogP contribution in [-0.4, -0.2) is 31.3 Å². The van der Waals surface area contributed by atoms with Crippen LogP contribution in [-0.2, 0) is 0 Å². The van der Waals surface area contributed by atoms with E-state index in [9.17, 15) is 13.2 Å². The fraction of sp³-hybridized carbons (Fsp3) is 0.581.